The van der Waals surface area contributed by atoms with Gasteiger partial charge in [-0.2, -0.15) is 0 Å². The Kier molecular flexibility index (Phi) is 5.14. The summed E-state index contributed by atoms with van der Waals surface area (Å²) in [4.78, 5) is 24.5. The van der Waals surface area contributed by atoms with Gasteiger partial charge in [-0.3, -0.25) is 4.79 Å². The number of ether oxygens (including phenoxy) is 1. The lowest BCUT2D eigenvalue weighted by Crippen LogP contribution is -2.13. The normalized spacial score (nSPS) is 10.5. The zero-order valence-corrected chi connectivity index (χ0v) is 15.2. The second-order valence-corrected chi connectivity index (χ2v) is 6.25. The molecule has 126 valence electrons. The molecule has 25 heavy (non-hydrogen) atoms. The Morgan fingerprint density at radius 3 is 2.52 bits per heavy atom. The number of hydrogen-bond acceptors (Lipinski definition) is 3. The first-order valence-corrected chi connectivity index (χ1v) is 8.65. The Hall–Kier alpha value is -2.66. The Labute approximate surface area is 153 Å². The molecule has 3 aromatic carbocycles. The minimum absolute atomic E-state index is 0.232. The van der Waals surface area contributed by atoms with Crippen molar-refractivity contribution in [2.45, 2.75) is 6.92 Å². The minimum Gasteiger partial charge on any atom is -0.462 e. The van der Waals surface area contributed by atoms with E-state index in [-0.39, 0.29) is 5.91 Å². The monoisotopic (exact) mass is 397 g/mol. The summed E-state index contributed by atoms with van der Waals surface area (Å²) < 4.78 is 5.92. The highest BCUT2D eigenvalue weighted by Crippen LogP contribution is 2.27. The number of carbonyl (C=O) groups is 2. The fraction of sp³-hybridized carbons (Fsp3) is 0.100. The highest BCUT2D eigenvalue weighted by Gasteiger charge is 2.13. The molecule has 0 spiro atoms. The Bertz CT molecular complexity index is 953. The third-order valence-corrected chi connectivity index (χ3v) is 4.44. The van der Waals surface area contributed by atoms with E-state index in [1.165, 1.54) is 0 Å². The van der Waals surface area contributed by atoms with Crippen LogP contribution in [-0.2, 0) is 4.74 Å². The second-order valence-electron chi connectivity index (χ2n) is 5.40. The minimum atomic E-state index is -0.410. The van der Waals surface area contributed by atoms with Crippen molar-refractivity contribution in [1.29, 1.82) is 0 Å². The van der Waals surface area contributed by atoms with Crippen LogP contribution in [0.2, 0.25) is 0 Å². The molecule has 0 aliphatic heterocycles. The summed E-state index contributed by atoms with van der Waals surface area (Å²) in [5.74, 6) is -0.641. The average Bonchev–Trinajstić information content (AvgIpc) is 2.62. The van der Waals surface area contributed by atoms with Gasteiger partial charge in [0.05, 0.1) is 12.2 Å². The number of rotatable bonds is 4. The van der Waals surface area contributed by atoms with Crippen LogP contribution in [0.1, 0.15) is 27.6 Å². The SMILES string of the molecule is CCOC(=O)c1cccc(NC(=O)c2cccc3c(Br)cccc23)c1. The molecule has 0 atom stereocenters. The molecule has 4 nitrogen and oxygen atoms in total. The lowest BCUT2D eigenvalue weighted by Gasteiger charge is -2.10. The molecule has 0 unspecified atom stereocenters. The molecular weight excluding hydrogens is 382 g/mol. The van der Waals surface area contributed by atoms with E-state index in [0.29, 0.717) is 23.4 Å². The van der Waals surface area contributed by atoms with Crippen molar-refractivity contribution >= 4 is 44.3 Å². The highest BCUT2D eigenvalue weighted by molar-refractivity contribution is 9.10. The van der Waals surface area contributed by atoms with E-state index in [4.69, 9.17) is 4.74 Å². The highest BCUT2D eigenvalue weighted by atomic mass is 79.9. The number of nitrogens with one attached hydrogen (secondary N) is 1. The van der Waals surface area contributed by atoms with Crippen molar-refractivity contribution in [2.24, 2.45) is 0 Å². The molecule has 0 saturated carbocycles. The van der Waals surface area contributed by atoms with Gasteiger partial charge in [0.2, 0.25) is 0 Å². The zero-order chi connectivity index (χ0) is 17.8. The number of halogens is 1. The van der Waals surface area contributed by atoms with Crippen LogP contribution in [0.5, 0.6) is 0 Å². The van der Waals surface area contributed by atoms with Crippen LogP contribution in [0.15, 0.2) is 65.1 Å². The summed E-state index contributed by atoms with van der Waals surface area (Å²) in [7, 11) is 0. The maximum Gasteiger partial charge on any atom is 0.338 e. The summed E-state index contributed by atoms with van der Waals surface area (Å²) in [6.45, 7) is 2.06. The first-order valence-electron chi connectivity index (χ1n) is 7.86. The maximum absolute atomic E-state index is 12.7. The van der Waals surface area contributed by atoms with Gasteiger partial charge in [-0.25, -0.2) is 4.79 Å². The van der Waals surface area contributed by atoms with E-state index in [0.717, 1.165) is 15.2 Å². The van der Waals surface area contributed by atoms with E-state index in [1.54, 1.807) is 37.3 Å². The molecule has 0 aromatic heterocycles. The van der Waals surface area contributed by atoms with Gasteiger partial charge in [0.25, 0.3) is 5.91 Å². The third-order valence-electron chi connectivity index (χ3n) is 3.75. The molecule has 0 heterocycles. The van der Waals surface area contributed by atoms with Crippen molar-refractivity contribution < 1.29 is 14.3 Å². The lowest BCUT2D eigenvalue weighted by molar-refractivity contribution is 0.0526. The molecule has 3 rings (SSSR count). The van der Waals surface area contributed by atoms with E-state index in [1.807, 2.05) is 30.3 Å². The van der Waals surface area contributed by atoms with E-state index in [2.05, 4.69) is 21.2 Å². The lowest BCUT2D eigenvalue weighted by atomic mass is 10.0. The van der Waals surface area contributed by atoms with Gasteiger partial charge in [-0.15, -0.1) is 0 Å². The molecule has 0 aliphatic rings. The standard InChI is InChI=1S/C20H16BrNO3/c1-2-25-20(24)13-6-3-7-14(12-13)22-19(23)17-10-4-9-16-15(17)8-5-11-18(16)21/h3-12H,2H2,1H3,(H,22,23). The third kappa shape index (κ3) is 3.72. The summed E-state index contributed by atoms with van der Waals surface area (Å²) in [5, 5.41) is 4.67. The van der Waals surface area contributed by atoms with Crippen LogP contribution < -0.4 is 5.32 Å². The maximum atomic E-state index is 12.7. The van der Waals surface area contributed by atoms with Gasteiger partial charge in [0.15, 0.2) is 0 Å². The van der Waals surface area contributed by atoms with Crippen LogP contribution in [0.25, 0.3) is 10.8 Å². The largest absolute Gasteiger partial charge is 0.462 e. The molecule has 0 aliphatic carbocycles. The number of fused-ring (bicyclic) bond motifs is 1. The fourth-order valence-electron chi connectivity index (χ4n) is 2.61. The number of hydrogen-bond donors (Lipinski definition) is 1. The Morgan fingerprint density at radius 2 is 1.72 bits per heavy atom. The average molecular weight is 398 g/mol. The van der Waals surface area contributed by atoms with Crippen LogP contribution in [0.4, 0.5) is 5.69 Å². The molecule has 0 fully saturated rings. The van der Waals surface area contributed by atoms with Crippen molar-refractivity contribution in [3.8, 4) is 0 Å². The number of benzene rings is 3. The smallest absolute Gasteiger partial charge is 0.338 e. The Morgan fingerprint density at radius 1 is 1.00 bits per heavy atom. The second kappa shape index (κ2) is 7.49. The van der Waals surface area contributed by atoms with Crippen LogP contribution >= 0.6 is 15.9 Å². The van der Waals surface area contributed by atoms with Gasteiger partial charge in [0, 0.05) is 15.7 Å². The molecule has 0 saturated heterocycles. The fourth-order valence-corrected chi connectivity index (χ4v) is 3.10. The van der Waals surface area contributed by atoms with Gasteiger partial charge in [-0.1, -0.05) is 46.3 Å². The molecule has 1 amide bonds. The number of anilines is 1. The molecule has 5 heteroatoms. The van der Waals surface area contributed by atoms with Crippen molar-refractivity contribution in [3.05, 3.63) is 76.3 Å². The summed E-state index contributed by atoms with van der Waals surface area (Å²) in [6, 6.07) is 18.0. The zero-order valence-electron chi connectivity index (χ0n) is 13.6. The number of esters is 1. The number of amides is 1. The van der Waals surface area contributed by atoms with Gasteiger partial charge in [0.1, 0.15) is 0 Å². The van der Waals surface area contributed by atoms with Crippen molar-refractivity contribution in [3.63, 3.8) is 0 Å². The number of carbonyl (C=O) groups excluding carboxylic acids is 2. The van der Waals surface area contributed by atoms with E-state index >= 15 is 0 Å². The first kappa shape index (κ1) is 17.2. The van der Waals surface area contributed by atoms with Gasteiger partial charge >= 0.3 is 5.97 Å². The molecular formula is C20H16BrNO3. The van der Waals surface area contributed by atoms with Crippen molar-refractivity contribution in [1.82, 2.24) is 0 Å². The summed E-state index contributed by atoms with van der Waals surface area (Å²) in [5.41, 5.74) is 1.52. The molecule has 1 N–H and O–H groups in total. The topological polar surface area (TPSA) is 55.4 Å². The van der Waals surface area contributed by atoms with E-state index < -0.39 is 5.97 Å². The Balaban J connectivity index is 1.90. The molecule has 3 aromatic rings. The van der Waals surface area contributed by atoms with Crippen LogP contribution in [0.3, 0.4) is 0 Å². The summed E-state index contributed by atoms with van der Waals surface area (Å²) in [6.07, 6.45) is 0. The van der Waals surface area contributed by atoms with Crippen molar-refractivity contribution in [2.75, 3.05) is 11.9 Å². The predicted octanol–water partition coefficient (Wildman–Crippen LogP) is 5.03. The first-order chi connectivity index (χ1) is 12.1. The van der Waals surface area contributed by atoms with Gasteiger partial charge < -0.3 is 10.1 Å². The van der Waals surface area contributed by atoms with E-state index in [9.17, 15) is 9.59 Å². The molecule has 0 bridgehead atoms. The quantitative estimate of drug-likeness (QED) is 0.627. The van der Waals surface area contributed by atoms with Crippen LogP contribution in [0, 0.1) is 0 Å². The van der Waals surface area contributed by atoms with Gasteiger partial charge in [-0.05, 0) is 48.0 Å². The summed E-state index contributed by atoms with van der Waals surface area (Å²) >= 11 is 3.50. The van der Waals surface area contributed by atoms with Crippen LogP contribution in [-0.4, -0.2) is 18.5 Å². The predicted molar refractivity (Wildman–Crippen MR) is 102 cm³/mol. The molecule has 0 radical (unpaired) electrons.